The Labute approximate surface area is 145 Å². The maximum absolute atomic E-state index is 12.5. The molecule has 3 N–H and O–H groups in total. The van der Waals surface area contributed by atoms with Gasteiger partial charge < -0.3 is 5.73 Å². The Bertz CT molecular complexity index is 652. The summed E-state index contributed by atoms with van der Waals surface area (Å²) in [6.45, 7) is 2.07. The molecule has 10 heteroatoms. The fraction of sp³-hybridized carbons (Fsp3) is 0.643. The Hall–Kier alpha value is -0.900. The van der Waals surface area contributed by atoms with Gasteiger partial charge in [-0.1, -0.05) is 19.8 Å². The van der Waals surface area contributed by atoms with E-state index in [2.05, 4.69) is 9.71 Å². The average Bonchev–Trinajstić information content (AvgIpc) is 2.49. The van der Waals surface area contributed by atoms with Crippen LogP contribution in [0.25, 0.3) is 0 Å². The molecule has 1 fully saturated rings. The molecule has 1 aliphatic carbocycles. The minimum atomic E-state index is -4.61. The lowest BCUT2D eigenvalue weighted by atomic mass is 9.74. The van der Waals surface area contributed by atoms with Crippen molar-refractivity contribution in [3.63, 3.8) is 0 Å². The third-order valence-electron chi connectivity index (χ3n) is 4.49. The maximum Gasteiger partial charge on any atom is 0.433 e. The van der Waals surface area contributed by atoms with Crippen LogP contribution in [0.1, 0.15) is 38.3 Å². The number of nitrogens with zero attached hydrogens (tertiary/aromatic N) is 1. The molecule has 0 spiro atoms. The number of hydrogen-bond donors (Lipinski definition) is 2. The normalized spacial score (nSPS) is 25.1. The van der Waals surface area contributed by atoms with Crippen molar-refractivity contribution in [2.24, 2.45) is 11.7 Å². The molecular weight excluding hydrogens is 367 g/mol. The highest BCUT2D eigenvalue weighted by Crippen LogP contribution is 2.34. The van der Waals surface area contributed by atoms with Crippen LogP contribution in [-0.4, -0.2) is 25.5 Å². The average molecular weight is 388 g/mol. The zero-order valence-corrected chi connectivity index (χ0v) is 14.8. The zero-order valence-electron chi connectivity index (χ0n) is 13.1. The number of alkyl halides is 3. The van der Waals surface area contributed by atoms with Crippen molar-refractivity contribution in [3.8, 4) is 0 Å². The van der Waals surface area contributed by atoms with Crippen molar-refractivity contribution in [2.45, 2.75) is 49.2 Å². The summed E-state index contributed by atoms with van der Waals surface area (Å²) in [6, 6.07) is 1.57. The van der Waals surface area contributed by atoms with Crippen molar-refractivity contribution in [2.75, 3.05) is 6.54 Å². The number of nitrogens with one attached hydrogen (secondary N) is 1. The second-order valence-electron chi connectivity index (χ2n) is 5.99. The molecule has 0 saturated heterocycles. The first-order valence-electron chi connectivity index (χ1n) is 7.38. The van der Waals surface area contributed by atoms with E-state index in [-0.39, 0.29) is 29.8 Å². The second kappa shape index (κ2) is 7.55. The van der Waals surface area contributed by atoms with Gasteiger partial charge in [0, 0.05) is 18.3 Å². The van der Waals surface area contributed by atoms with Crippen LogP contribution in [0.2, 0.25) is 0 Å². The van der Waals surface area contributed by atoms with E-state index in [1.165, 1.54) is 0 Å². The fourth-order valence-electron chi connectivity index (χ4n) is 2.94. The highest BCUT2D eigenvalue weighted by atomic mass is 35.5. The number of halogens is 4. The summed E-state index contributed by atoms with van der Waals surface area (Å²) in [5, 5.41) is 0. The Morgan fingerprint density at radius 2 is 2.04 bits per heavy atom. The van der Waals surface area contributed by atoms with E-state index in [0.717, 1.165) is 31.5 Å². The Kier molecular flexibility index (Phi) is 6.65. The maximum atomic E-state index is 12.5. The topological polar surface area (TPSA) is 85.1 Å². The number of hydrogen-bond acceptors (Lipinski definition) is 4. The van der Waals surface area contributed by atoms with E-state index < -0.39 is 27.4 Å². The van der Waals surface area contributed by atoms with Gasteiger partial charge in [-0.25, -0.2) is 13.1 Å². The first-order chi connectivity index (χ1) is 10.6. The van der Waals surface area contributed by atoms with Gasteiger partial charge in [0.15, 0.2) is 0 Å². The Balaban J connectivity index is 0.00000288. The lowest BCUT2D eigenvalue weighted by Crippen LogP contribution is -2.58. The molecule has 138 valence electrons. The summed E-state index contributed by atoms with van der Waals surface area (Å²) >= 11 is 0. The van der Waals surface area contributed by atoms with E-state index in [1.54, 1.807) is 0 Å². The van der Waals surface area contributed by atoms with Crippen LogP contribution in [0.3, 0.4) is 0 Å². The number of aromatic nitrogens is 1. The third kappa shape index (κ3) is 4.38. The van der Waals surface area contributed by atoms with Crippen LogP contribution in [-0.2, 0) is 16.2 Å². The summed E-state index contributed by atoms with van der Waals surface area (Å²) in [5.41, 5.74) is 3.91. The van der Waals surface area contributed by atoms with E-state index in [9.17, 15) is 21.6 Å². The van der Waals surface area contributed by atoms with Gasteiger partial charge in [-0.3, -0.25) is 4.98 Å². The lowest BCUT2D eigenvalue weighted by molar-refractivity contribution is -0.141. The molecule has 0 aliphatic heterocycles. The molecule has 1 aromatic rings. The van der Waals surface area contributed by atoms with Gasteiger partial charge in [0.05, 0.1) is 0 Å². The summed E-state index contributed by atoms with van der Waals surface area (Å²) in [5.74, 6) is 0.0541. The molecule has 0 aromatic carbocycles. The smallest absolute Gasteiger partial charge is 0.329 e. The summed E-state index contributed by atoms with van der Waals surface area (Å²) in [6.07, 6.45) is -0.556. The third-order valence-corrected chi connectivity index (χ3v) is 6.03. The van der Waals surface area contributed by atoms with Crippen molar-refractivity contribution >= 4 is 22.4 Å². The molecule has 1 aliphatic rings. The van der Waals surface area contributed by atoms with Gasteiger partial charge in [0.25, 0.3) is 0 Å². The van der Waals surface area contributed by atoms with Crippen molar-refractivity contribution in [1.29, 1.82) is 0 Å². The molecular formula is C14H21ClF3N3O2S. The van der Waals surface area contributed by atoms with Gasteiger partial charge in [-0.2, -0.15) is 13.2 Å². The largest absolute Gasteiger partial charge is 0.433 e. The quantitative estimate of drug-likeness (QED) is 0.831. The van der Waals surface area contributed by atoms with Crippen LogP contribution >= 0.6 is 12.4 Å². The van der Waals surface area contributed by atoms with E-state index in [1.807, 2.05) is 6.92 Å². The number of nitrogens with two attached hydrogens (primary N) is 1. The molecule has 1 saturated carbocycles. The molecule has 0 bridgehead atoms. The number of rotatable bonds is 4. The molecule has 0 amide bonds. The molecule has 2 atom stereocenters. The van der Waals surface area contributed by atoms with Crippen molar-refractivity contribution < 1.29 is 21.6 Å². The minimum absolute atomic E-state index is 0. The summed E-state index contributed by atoms with van der Waals surface area (Å²) in [4.78, 5) is 2.91. The van der Waals surface area contributed by atoms with Crippen LogP contribution in [0.4, 0.5) is 13.2 Å². The second-order valence-corrected chi connectivity index (χ2v) is 7.67. The monoisotopic (exact) mass is 387 g/mol. The molecule has 0 radical (unpaired) electrons. The Morgan fingerprint density at radius 1 is 1.38 bits per heavy atom. The summed E-state index contributed by atoms with van der Waals surface area (Å²) in [7, 11) is -3.99. The van der Waals surface area contributed by atoms with Crippen molar-refractivity contribution in [3.05, 3.63) is 24.0 Å². The van der Waals surface area contributed by atoms with Crippen LogP contribution in [0.15, 0.2) is 23.2 Å². The first-order valence-corrected chi connectivity index (χ1v) is 8.86. The SMILES string of the molecule is CC1CCCCC1(CN)NS(=O)(=O)c1ccc(C(F)(F)F)nc1.Cl. The van der Waals surface area contributed by atoms with E-state index in [4.69, 9.17) is 5.73 Å². The Morgan fingerprint density at radius 3 is 2.50 bits per heavy atom. The molecule has 1 aromatic heterocycles. The summed E-state index contributed by atoms with van der Waals surface area (Å²) < 4.78 is 65.1. The van der Waals surface area contributed by atoms with Crippen LogP contribution < -0.4 is 10.5 Å². The molecule has 24 heavy (non-hydrogen) atoms. The molecule has 2 rings (SSSR count). The zero-order chi connectivity index (χ0) is 17.3. The first kappa shape index (κ1) is 21.1. The number of pyridine rings is 1. The van der Waals surface area contributed by atoms with Crippen LogP contribution in [0, 0.1) is 5.92 Å². The van der Waals surface area contributed by atoms with Crippen molar-refractivity contribution in [1.82, 2.24) is 9.71 Å². The molecule has 1 heterocycles. The van der Waals surface area contributed by atoms with Gasteiger partial charge in [0.2, 0.25) is 10.0 Å². The van der Waals surface area contributed by atoms with Crippen LogP contribution in [0.5, 0.6) is 0 Å². The van der Waals surface area contributed by atoms with Gasteiger partial charge in [-0.15, -0.1) is 12.4 Å². The molecule has 5 nitrogen and oxygen atoms in total. The molecule has 2 unspecified atom stereocenters. The predicted octanol–water partition coefficient (Wildman–Crippen LogP) is 2.71. The standard InChI is InChI=1S/C14H20F3N3O2S.ClH/c1-10-4-2-3-7-13(10,9-18)20-23(21,22)11-5-6-12(19-8-11)14(15,16)17;/h5-6,8,10,20H,2-4,7,9,18H2,1H3;1H. The highest BCUT2D eigenvalue weighted by Gasteiger charge is 2.41. The minimum Gasteiger partial charge on any atom is -0.329 e. The van der Waals surface area contributed by atoms with E-state index in [0.29, 0.717) is 12.5 Å². The fourth-order valence-corrected chi connectivity index (χ4v) is 4.42. The number of sulfonamides is 1. The predicted molar refractivity (Wildman–Crippen MR) is 86.2 cm³/mol. The lowest BCUT2D eigenvalue weighted by Gasteiger charge is -2.42. The van der Waals surface area contributed by atoms with Gasteiger partial charge >= 0.3 is 6.18 Å². The van der Waals surface area contributed by atoms with E-state index >= 15 is 0 Å². The van der Waals surface area contributed by atoms with Gasteiger partial charge in [-0.05, 0) is 30.9 Å². The highest BCUT2D eigenvalue weighted by molar-refractivity contribution is 7.89. The van der Waals surface area contributed by atoms with Gasteiger partial charge in [0.1, 0.15) is 10.6 Å².